The van der Waals surface area contributed by atoms with Crippen molar-refractivity contribution in [3.05, 3.63) is 68.2 Å². The maximum Gasteiger partial charge on any atom is 0.250 e. The van der Waals surface area contributed by atoms with Crippen LogP contribution < -0.4 is 16.0 Å². The quantitative estimate of drug-likeness (QED) is 0.379. The molecule has 3 aliphatic rings. The van der Waals surface area contributed by atoms with Crippen LogP contribution in [0.5, 0.6) is 0 Å². The van der Waals surface area contributed by atoms with Crippen molar-refractivity contribution in [2.75, 3.05) is 22.5 Å². The summed E-state index contributed by atoms with van der Waals surface area (Å²) in [6.45, 7) is 0.502. The molecule has 39 heavy (non-hydrogen) atoms. The number of aryl methyl sites for hydroxylation is 1. The molecule has 202 valence electrons. The molecule has 3 aliphatic heterocycles. The molecule has 2 fully saturated rings. The van der Waals surface area contributed by atoms with Crippen molar-refractivity contribution in [3.8, 4) is 0 Å². The molecule has 3 N–H and O–H groups in total. The fourth-order valence-corrected chi connectivity index (χ4v) is 7.47. The summed E-state index contributed by atoms with van der Waals surface area (Å²) in [5, 5.41) is 14.1. The van der Waals surface area contributed by atoms with Gasteiger partial charge in [0.1, 0.15) is 5.54 Å². The van der Waals surface area contributed by atoms with Crippen molar-refractivity contribution in [1.82, 2.24) is 14.7 Å². The van der Waals surface area contributed by atoms with Gasteiger partial charge in [-0.3, -0.25) is 24.0 Å². The molecule has 1 spiro atoms. The van der Waals surface area contributed by atoms with Gasteiger partial charge in [-0.2, -0.15) is 5.10 Å². The number of rotatable bonds is 4. The van der Waals surface area contributed by atoms with Gasteiger partial charge in [-0.25, -0.2) is 0 Å². The predicted octanol–water partition coefficient (Wildman–Crippen LogP) is 5.17. The second-order valence-electron chi connectivity index (χ2n) is 9.95. The molecule has 0 aliphatic carbocycles. The topological polar surface area (TPSA) is 108 Å². The van der Waals surface area contributed by atoms with Gasteiger partial charge in [-0.05, 0) is 49.7 Å². The van der Waals surface area contributed by atoms with E-state index < -0.39 is 41.1 Å². The van der Waals surface area contributed by atoms with E-state index in [9.17, 15) is 14.4 Å². The molecule has 2 saturated heterocycles. The molecular weight excluding hydrogens is 586 g/mol. The molecule has 0 radical (unpaired) electrons. The standard InChI is InChI=1S/C26H22Cl4N6O3/c1-35-6-4-19(34-35)32-24(38)21-20(23(37)31-15-8-12(27)7-13(28)9-15)18-3-2-5-36(18)26(21)16-10-14(29)11-17(30)22(16)33-25(26)39/h4,6-11,18,20-21H,2-3,5H2,1H3,(H,31,37)(H,33,39)(H,32,34,38)/t18-,20+,21-,26+/m1/s1. The fraction of sp³-hybridized carbons (Fsp3) is 0.308. The molecule has 6 rings (SSSR count). The van der Waals surface area contributed by atoms with E-state index >= 15 is 0 Å². The van der Waals surface area contributed by atoms with E-state index in [1.54, 1.807) is 48.3 Å². The minimum Gasteiger partial charge on any atom is -0.326 e. The van der Waals surface area contributed by atoms with Gasteiger partial charge < -0.3 is 16.0 Å². The number of hydrogen-bond acceptors (Lipinski definition) is 5. The van der Waals surface area contributed by atoms with Crippen molar-refractivity contribution in [1.29, 1.82) is 0 Å². The zero-order valence-corrected chi connectivity index (χ0v) is 23.5. The van der Waals surface area contributed by atoms with Crippen LogP contribution in [-0.2, 0) is 27.0 Å². The van der Waals surface area contributed by atoms with Crippen molar-refractivity contribution in [3.63, 3.8) is 0 Å². The van der Waals surface area contributed by atoms with E-state index in [4.69, 9.17) is 46.4 Å². The highest BCUT2D eigenvalue weighted by Crippen LogP contribution is 2.59. The SMILES string of the molecule is Cn1ccc(NC(=O)[C@H]2[C@@H](C(=O)Nc3cc(Cl)cc(Cl)c3)[C@H]3CCCN3[C@]23C(=O)Nc2c(Cl)cc(Cl)cc23)n1. The van der Waals surface area contributed by atoms with Crippen molar-refractivity contribution in [2.45, 2.75) is 24.4 Å². The molecule has 1 aromatic heterocycles. The summed E-state index contributed by atoms with van der Waals surface area (Å²) >= 11 is 25.2. The lowest BCUT2D eigenvalue weighted by molar-refractivity contribution is -0.137. The summed E-state index contributed by atoms with van der Waals surface area (Å²) in [4.78, 5) is 44.2. The van der Waals surface area contributed by atoms with Crippen molar-refractivity contribution in [2.24, 2.45) is 18.9 Å². The predicted molar refractivity (Wildman–Crippen MR) is 150 cm³/mol. The van der Waals surface area contributed by atoms with Crippen molar-refractivity contribution >= 4 is 81.3 Å². The maximum atomic E-state index is 14.2. The second kappa shape index (κ2) is 9.67. The molecule has 4 atom stereocenters. The first-order chi connectivity index (χ1) is 18.6. The number of aromatic nitrogens is 2. The lowest BCUT2D eigenvalue weighted by atomic mass is 9.73. The number of anilines is 3. The van der Waals surface area contributed by atoms with Gasteiger partial charge in [0.15, 0.2) is 5.82 Å². The number of fused-ring (bicyclic) bond motifs is 4. The lowest BCUT2D eigenvalue weighted by Gasteiger charge is -2.36. The Kier molecular flexibility index (Phi) is 6.55. The highest BCUT2D eigenvalue weighted by Gasteiger charge is 2.71. The number of nitrogens with one attached hydrogen (secondary N) is 3. The monoisotopic (exact) mass is 606 g/mol. The summed E-state index contributed by atoms with van der Waals surface area (Å²) < 4.78 is 1.54. The van der Waals surface area contributed by atoms with Crippen LogP contribution in [0, 0.1) is 11.8 Å². The van der Waals surface area contributed by atoms with Gasteiger partial charge in [0.2, 0.25) is 11.8 Å². The highest BCUT2D eigenvalue weighted by atomic mass is 35.5. The molecule has 0 bridgehead atoms. The Morgan fingerprint density at radius 2 is 1.74 bits per heavy atom. The smallest absolute Gasteiger partial charge is 0.250 e. The molecule has 3 amide bonds. The van der Waals surface area contributed by atoms with Crippen molar-refractivity contribution < 1.29 is 14.4 Å². The Morgan fingerprint density at radius 3 is 2.44 bits per heavy atom. The zero-order chi connectivity index (χ0) is 27.6. The Balaban J connectivity index is 1.50. The largest absolute Gasteiger partial charge is 0.326 e. The summed E-state index contributed by atoms with van der Waals surface area (Å²) in [7, 11) is 1.72. The normalized spacial score (nSPS) is 25.5. The number of amides is 3. The minimum absolute atomic E-state index is 0.254. The van der Waals surface area contributed by atoms with E-state index in [2.05, 4.69) is 21.0 Å². The Hall–Kier alpha value is -2.82. The van der Waals surface area contributed by atoms with Gasteiger partial charge in [-0.15, -0.1) is 0 Å². The molecule has 13 heteroatoms. The first-order valence-electron chi connectivity index (χ1n) is 12.2. The summed E-state index contributed by atoms with van der Waals surface area (Å²) in [6, 6.07) is 9.11. The van der Waals surface area contributed by atoms with Crippen LogP contribution in [0.2, 0.25) is 20.1 Å². The molecule has 4 heterocycles. The molecule has 9 nitrogen and oxygen atoms in total. The third kappa shape index (κ3) is 4.19. The Labute approximate surface area is 243 Å². The number of carbonyl (C=O) groups excluding carboxylic acids is 3. The average Bonchev–Trinajstić information content (AvgIpc) is 3.59. The van der Waals surface area contributed by atoms with Gasteiger partial charge in [-0.1, -0.05) is 46.4 Å². The second-order valence-corrected chi connectivity index (χ2v) is 11.7. The molecule has 0 saturated carbocycles. The molecule has 3 aromatic rings. The van der Waals surface area contributed by atoms with Gasteiger partial charge in [0.05, 0.1) is 22.5 Å². The average molecular weight is 608 g/mol. The maximum absolute atomic E-state index is 14.2. The summed E-state index contributed by atoms with van der Waals surface area (Å²) in [5.41, 5.74) is -0.277. The number of benzene rings is 2. The third-order valence-electron chi connectivity index (χ3n) is 7.71. The highest BCUT2D eigenvalue weighted by molar-refractivity contribution is 6.38. The van der Waals surface area contributed by atoms with Crippen LogP contribution >= 0.6 is 46.4 Å². The van der Waals surface area contributed by atoms with Crippen LogP contribution in [-0.4, -0.2) is 45.0 Å². The number of nitrogens with zero attached hydrogens (tertiary/aromatic N) is 3. The van der Waals surface area contributed by atoms with Crippen LogP contribution in [0.25, 0.3) is 0 Å². The van der Waals surface area contributed by atoms with Crippen LogP contribution in [0.1, 0.15) is 18.4 Å². The molecule has 0 unspecified atom stereocenters. The van der Waals surface area contributed by atoms with E-state index in [0.29, 0.717) is 50.8 Å². The first-order valence-corrected chi connectivity index (χ1v) is 13.8. The van der Waals surface area contributed by atoms with Crippen LogP contribution in [0.15, 0.2) is 42.6 Å². The van der Waals surface area contributed by atoms with Gasteiger partial charge >= 0.3 is 0 Å². The Morgan fingerprint density at radius 1 is 1.03 bits per heavy atom. The van der Waals surface area contributed by atoms with Gasteiger partial charge in [0, 0.05) is 51.7 Å². The zero-order valence-electron chi connectivity index (χ0n) is 20.5. The lowest BCUT2D eigenvalue weighted by Crippen LogP contribution is -2.54. The van der Waals surface area contributed by atoms with E-state index in [1.165, 1.54) is 6.07 Å². The van der Waals surface area contributed by atoms with Gasteiger partial charge in [0.25, 0.3) is 5.91 Å². The van der Waals surface area contributed by atoms with E-state index in [0.717, 1.165) is 6.42 Å². The third-order valence-corrected chi connectivity index (χ3v) is 8.66. The molecular formula is C26H22Cl4N6O3. The number of halogens is 4. The van der Waals surface area contributed by atoms with Crippen LogP contribution in [0.3, 0.4) is 0 Å². The number of hydrogen-bond donors (Lipinski definition) is 3. The first kappa shape index (κ1) is 26.4. The minimum atomic E-state index is -1.52. The van der Waals surface area contributed by atoms with Crippen LogP contribution in [0.4, 0.5) is 17.2 Å². The fourth-order valence-electron chi connectivity index (χ4n) is 6.41. The summed E-state index contributed by atoms with van der Waals surface area (Å²) in [5.74, 6) is -3.15. The van der Waals surface area contributed by atoms with E-state index in [1.807, 2.05) is 4.90 Å². The number of carbonyl (C=O) groups is 3. The Bertz CT molecular complexity index is 1520. The molecule has 2 aromatic carbocycles. The van der Waals surface area contributed by atoms with E-state index in [-0.39, 0.29) is 5.02 Å². The summed E-state index contributed by atoms with van der Waals surface area (Å²) in [6.07, 6.45) is 3.04.